The second-order valence-corrected chi connectivity index (χ2v) is 2.14. The van der Waals surface area contributed by atoms with Crippen LogP contribution in [0.25, 0.3) is 0 Å². The molecule has 0 amide bonds. The minimum absolute atomic E-state index is 0.0101. The molecule has 4 nitrogen and oxygen atoms in total. The minimum Gasteiger partial charge on any atom is -0.294 e. The van der Waals surface area contributed by atoms with Crippen molar-refractivity contribution < 1.29 is 19.2 Å². The van der Waals surface area contributed by atoms with E-state index in [2.05, 4.69) is 0 Å². The Kier molecular flexibility index (Phi) is 2.09. The highest BCUT2D eigenvalue weighted by molar-refractivity contribution is 6.45. The van der Waals surface area contributed by atoms with Crippen molar-refractivity contribution in [2.24, 2.45) is 0 Å². The van der Waals surface area contributed by atoms with Crippen molar-refractivity contribution in [3.63, 3.8) is 0 Å². The summed E-state index contributed by atoms with van der Waals surface area (Å²) >= 11 is 0. The van der Waals surface area contributed by atoms with Crippen LogP contribution in [0.2, 0.25) is 0 Å². The van der Waals surface area contributed by atoms with Gasteiger partial charge in [-0.25, -0.2) is 0 Å². The molecule has 1 rings (SSSR count). The summed E-state index contributed by atoms with van der Waals surface area (Å²) in [6.45, 7) is 0. The van der Waals surface area contributed by atoms with Crippen molar-refractivity contribution in [1.29, 1.82) is 0 Å². The molecule has 0 bridgehead atoms. The van der Waals surface area contributed by atoms with Crippen LogP contribution in [0.15, 0.2) is 23.8 Å². The van der Waals surface area contributed by atoms with Gasteiger partial charge in [0.2, 0.25) is 5.78 Å². The van der Waals surface area contributed by atoms with E-state index in [9.17, 15) is 19.2 Å². The van der Waals surface area contributed by atoms with Crippen LogP contribution in [0, 0.1) is 0 Å². The summed E-state index contributed by atoms with van der Waals surface area (Å²) in [5, 5.41) is 0. The summed E-state index contributed by atoms with van der Waals surface area (Å²) in [6.07, 6.45) is 2.89. The molecule has 0 heterocycles. The maximum Gasteiger partial charge on any atom is 0.229 e. The maximum atomic E-state index is 10.9. The Morgan fingerprint density at radius 2 is 1.92 bits per heavy atom. The average Bonchev–Trinajstić information content (AvgIpc) is 2.08. The first kappa shape index (κ1) is 8.26. The first-order chi connectivity index (χ1) is 5.65. The second kappa shape index (κ2) is 3.04. The molecule has 0 saturated heterocycles. The van der Waals surface area contributed by atoms with Crippen LogP contribution >= 0.6 is 0 Å². The van der Waals surface area contributed by atoms with Gasteiger partial charge in [0.05, 0.1) is 5.57 Å². The number of rotatable bonds is 2. The Balaban J connectivity index is 3.04. The van der Waals surface area contributed by atoms with E-state index < -0.39 is 17.3 Å². The third kappa shape index (κ3) is 1.42. The highest BCUT2D eigenvalue weighted by Gasteiger charge is 2.19. The van der Waals surface area contributed by atoms with E-state index in [1.807, 2.05) is 0 Å². The molecule has 0 atom stereocenters. The molecule has 0 spiro atoms. The Bertz CT molecular complexity index is 323. The van der Waals surface area contributed by atoms with Gasteiger partial charge in [-0.2, -0.15) is 0 Å². The molecule has 60 valence electrons. The first-order valence-corrected chi connectivity index (χ1v) is 3.12. The number of aldehydes is 1. The number of ketones is 3. The number of carbonyl (C=O) groups excluding carboxylic acids is 4. The van der Waals surface area contributed by atoms with Gasteiger partial charge >= 0.3 is 0 Å². The van der Waals surface area contributed by atoms with Crippen LogP contribution in [0.5, 0.6) is 0 Å². The van der Waals surface area contributed by atoms with Crippen molar-refractivity contribution in [2.45, 2.75) is 0 Å². The smallest absolute Gasteiger partial charge is 0.229 e. The zero-order valence-corrected chi connectivity index (χ0v) is 5.94. The van der Waals surface area contributed by atoms with E-state index in [-0.39, 0.29) is 11.9 Å². The molecule has 0 unspecified atom stereocenters. The van der Waals surface area contributed by atoms with E-state index in [1.165, 1.54) is 0 Å². The largest absolute Gasteiger partial charge is 0.294 e. The lowest BCUT2D eigenvalue weighted by atomic mass is 10.0. The molecule has 0 fully saturated rings. The van der Waals surface area contributed by atoms with Crippen molar-refractivity contribution in [1.82, 2.24) is 0 Å². The number of carbonyl (C=O) groups is 4. The Hall–Kier alpha value is -1.84. The quantitative estimate of drug-likeness (QED) is 0.236. The predicted octanol–water partition coefficient (Wildman–Crippen LogP) is -0.611. The van der Waals surface area contributed by atoms with Crippen molar-refractivity contribution in [3.05, 3.63) is 23.8 Å². The van der Waals surface area contributed by atoms with Gasteiger partial charge in [0, 0.05) is 6.08 Å². The lowest BCUT2D eigenvalue weighted by molar-refractivity contribution is -0.129. The Morgan fingerprint density at radius 3 is 2.50 bits per heavy atom. The third-order valence-electron chi connectivity index (χ3n) is 1.32. The molecule has 1 aliphatic carbocycles. The Morgan fingerprint density at radius 1 is 1.25 bits per heavy atom. The predicted molar refractivity (Wildman–Crippen MR) is 38.3 cm³/mol. The van der Waals surface area contributed by atoms with E-state index in [0.29, 0.717) is 0 Å². The van der Waals surface area contributed by atoms with Crippen LogP contribution in [-0.4, -0.2) is 23.6 Å². The van der Waals surface area contributed by atoms with Gasteiger partial charge in [-0.1, -0.05) is 0 Å². The fraction of sp³-hybridized carbons (Fsp3) is 0. The van der Waals surface area contributed by atoms with E-state index in [4.69, 9.17) is 0 Å². The van der Waals surface area contributed by atoms with Gasteiger partial charge in [-0.05, 0) is 12.2 Å². The van der Waals surface area contributed by atoms with Crippen molar-refractivity contribution >= 4 is 23.6 Å². The number of Topliss-reactive ketones (excluding diaryl/α,β-unsaturated/α-hetero) is 1. The van der Waals surface area contributed by atoms with Gasteiger partial charge < -0.3 is 0 Å². The number of hydrogen-bond acceptors (Lipinski definition) is 4. The Labute approximate surface area is 67.6 Å². The molecule has 0 aromatic carbocycles. The molecule has 0 aliphatic heterocycles. The van der Waals surface area contributed by atoms with Crippen LogP contribution < -0.4 is 0 Å². The molecule has 0 N–H and O–H groups in total. The molecule has 1 aliphatic rings. The lowest BCUT2D eigenvalue weighted by Crippen LogP contribution is -2.16. The highest BCUT2D eigenvalue weighted by atomic mass is 16.2. The van der Waals surface area contributed by atoms with Crippen molar-refractivity contribution in [2.75, 3.05) is 0 Å². The number of allylic oxidation sites excluding steroid dienone is 4. The summed E-state index contributed by atoms with van der Waals surface area (Å²) in [6, 6.07) is 0. The monoisotopic (exact) mass is 164 g/mol. The van der Waals surface area contributed by atoms with E-state index in [0.717, 1.165) is 18.2 Å². The van der Waals surface area contributed by atoms with Gasteiger partial charge in [0.15, 0.2) is 17.9 Å². The van der Waals surface area contributed by atoms with Gasteiger partial charge in [-0.15, -0.1) is 0 Å². The normalized spacial score (nSPS) is 15.8. The third-order valence-corrected chi connectivity index (χ3v) is 1.32. The van der Waals surface area contributed by atoms with Crippen LogP contribution in [0.1, 0.15) is 0 Å². The van der Waals surface area contributed by atoms with Gasteiger partial charge in [-0.3, -0.25) is 19.2 Å². The molecular formula is C8H4O4. The lowest BCUT2D eigenvalue weighted by Gasteiger charge is -1.99. The van der Waals surface area contributed by atoms with Crippen LogP contribution in [-0.2, 0) is 19.2 Å². The molecule has 0 aromatic heterocycles. The summed E-state index contributed by atoms with van der Waals surface area (Å²) in [7, 11) is 0. The second-order valence-electron chi connectivity index (χ2n) is 2.14. The summed E-state index contributed by atoms with van der Waals surface area (Å²) in [4.78, 5) is 42.2. The first-order valence-electron chi connectivity index (χ1n) is 3.12. The molecule has 0 saturated carbocycles. The fourth-order valence-electron chi connectivity index (χ4n) is 0.765. The summed E-state index contributed by atoms with van der Waals surface area (Å²) in [5.74, 6) is -2.02. The van der Waals surface area contributed by atoms with Gasteiger partial charge in [0.25, 0.3) is 0 Å². The summed E-state index contributed by atoms with van der Waals surface area (Å²) < 4.78 is 0. The SMILES string of the molecule is O=CC(=O)C1=CC(=O)C=CC1=O. The minimum atomic E-state index is -0.960. The molecule has 4 heteroatoms. The van der Waals surface area contributed by atoms with Crippen molar-refractivity contribution in [3.8, 4) is 0 Å². The highest BCUT2D eigenvalue weighted by Crippen LogP contribution is 2.04. The maximum absolute atomic E-state index is 10.9. The molecule has 0 radical (unpaired) electrons. The summed E-state index contributed by atoms with van der Waals surface area (Å²) in [5.41, 5.74) is -0.363. The van der Waals surface area contributed by atoms with Crippen LogP contribution in [0.4, 0.5) is 0 Å². The van der Waals surface area contributed by atoms with E-state index >= 15 is 0 Å². The molecule has 12 heavy (non-hydrogen) atoms. The molecule has 0 aromatic rings. The van der Waals surface area contributed by atoms with Gasteiger partial charge in [0.1, 0.15) is 0 Å². The topological polar surface area (TPSA) is 68.3 Å². The number of hydrogen-bond donors (Lipinski definition) is 0. The fourth-order valence-corrected chi connectivity index (χ4v) is 0.765. The standard InChI is InChI=1S/C8H4O4/c9-4-8(12)6-3-5(10)1-2-7(6)11/h1-4H. The average molecular weight is 164 g/mol. The zero-order chi connectivity index (χ0) is 9.14. The zero-order valence-electron chi connectivity index (χ0n) is 5.94. The molecular weight excluding hydrogens is 160 g/mol. The van der Waals surface area contributed by atoms with Crippen LogP contribution in [0.3, 0.4) is 0 Å². The van der Waals surface area contributed by atoms with E-state index in [1.54, 1.807) is 0 Å².